The predicted octanol–water partition coefficient (Wildman–Crippen LogP) is 4.37. The van der Waals surface area contributed by atoms with E-state index in [0.717, 1.165) is 29.9 Å². The molecule has 0 saturated heterocycles. The maximum absolute atomic E-state index is 13.2. The first-order valence-electron chi connectivity index (χ1n) is 10.7. The Labute approximate surface area is 177 Å². The highest BCUT2D eigenvalue weighted by molar-refractivity contribution is 5.88. The van der Waals surface area contributed by atoms with Gasteiger partial charge in [0, 0.05) is 12.1 Å². The molecule has 2 heterocycles. The molecule has 2 atom stereocenters. The van der Waals surface area contributed by atoms with Crippen LogP contribution in [0.25, 0.3) is 0 Å². The Kier molecular flexibility index (Phi) is 5.54. The molecule has 1 aromatic heterocycles. The predicted molar refractivity (Wildman–Crippen MR) is 115 cm³/mol. The van der Waals surface area contributed by atoms with E-state index >= 15 is 0 Å². The van der Waals surface area contributed by atoms with Gasteiger partial charge >= 0.3 is 0 Å². The zero-order valence-electron chi connectivity index (χ0n) is 18.1. The number of carbonyl (C=O) groups is 1. The largest absolute Gasteiger partial charge is 0.490 e. The number of carbonyl (C=O) groups excluding carboxylic acids is 1. The van der Waals surface area contributed by atoms with Gasteiger partial charge in [-0.1, -0.05) is 39.3 Å². The van der Waals surface area contributed by atoms with Crippen molar-refractivity contribution in [2.75, 3.05) is 18.5 Å². The molecule has 0 saturated carbocycles. The molecule has 2 aliphatic rings. The van der Waals surface area contributed by atoms with Crippen molar-refractivity contribution >= 4 is 11.7 Å². The molecule has 0 bridgehead atoms. The smallest absolute Gasteiger partial charge is 0.226 e. The van der Waals surface area contributed by atoms with Crippen LogP contribution in [0.15, 0.2) is 36.3 Å². The van der Waals surface area contributed by atoms with Gasteiger partial charge in [-0.15, -0.1) is 0 Å². The van der Waals surface area contributed by atoms with Gasteiger partial charge < -0.3 is 14.8 Å². The highest BCUT2D eigenvalue weighted by atomic mass is 16.5. The number of Topliss-reactive ketones (excluding diaryl/α,β-unsaturated/α-hetero) is 1. The second-order valence-corrected chi connectivity index (χ2v) is 8.65. The summed E-state index contributed by atoms with van der Waals surface area (Å²) in [4.78, 5) is 17.6. The standard InChI is InChI=1S/C23H30N4O3/c1-5-7-10-30-18-9-8-15(11-19(18)29-6-2)21-20-16(12-23(3,4)13-17(20)28)26-22-24-14-25-27(21)22/h8-9,11-12,14,20-21H,5-7,10,13H2,1-4H3,(H,24,25,26)/t20-,21-/m0/s1. The first-order valence-corrected chi connectivity index (χ1v) is 10.7. The minimum Gasteiger partial charge on any atom is -0.490 e. The Morgan fingerprint density at radius 3 is 2.83 bits per heavy atom. The molecule has 7 nitrogen and oxygen atoms in total. The van der Waals surface area contributed by atoms with E-state index in [9.17, 15) is 4.79 Å². The zero-order chi connectivity index (χ0) is 21.3. The SMILES string of the molecule is CCCCOc1ccc([C@H]2[C@@H]3C(=O)CC(C)(C)C=C3Nc3ncnn32)cc1OCC. The molecule has 1 aliphatic carbocycles. The summed E-state index contributed by atoms with van der Waals surface area (Å²) in [7, 11) is 0. The van der Waals surface area contributed by atoms with Crippen LogP contribution in [-0.2, 0) is 4.79 Å². The number of aromatic nitrogens is 3. The highest BCUT2D eigenvalue weighted by Gasteiger charge is 2.44. The van der Waals surface area contributed by atoms with E-state index in [0.29, 0.717) is 31.3 Å². The summed E-state index contributed by atoms with van der Waals surface area (Å²) >= 11 is 0. The number of benzene rings is 1. The summed E-state index contributed by atoms with van der Waals surface area (Å²) in [5.41, 5.74) is 1.68. The second kappa shape index (κ2) is 8.13. The third-order valence-electron chi connectivity index (χ3n) is 5.63. The number of hydrogen-bond donors (Lipinski definition) is 1. The average molecular weight is 411 g/mol. The van der Waals surface area contributed by atoms with Gasteiger partial charge in [0.2, 0.25) is 5.95 Å². The molecule has 0 radical (unpaired) electrons. The third-order valence-corrected chi connectivity index (χ3v) is 5.63. The van der Waals surface area contributed by atoms with E-state index in [4.69, 9.17) is 9.47 Å². The Bertz CT molecular complexity index is 963. The Morgan fingerprint density at radius 2 is 2.07 bits per heavy atom. The van der Waals surface area contributed by atoms with Crippen molar-refractivity contribution in [3.05, 3.63) is 41.9 Å². The summed E-state index contributed by atoms with van der Waals surface area (Å²) in [6, 6.07) is 5.66. The molecule has 0 spiro atoms. The van der Waals surface area contributed by atoms with E-state index in [1.165, 1.54) is 6.33 Å². The molecule has 1 aliphatic heterocycles. The maximum Gasteiger partial charge on any atom is 0.226 e. The number of rotatable bonds is 7. The first kappa shape index (κ1) is 20.4. The lowest BCUT2D eigenvalue weighted by atomic mass is 9.72. The molecule has 0 amide bonds. The lowest BCUT2D eigenvalue weighted by molar-refractivity contribution is -0.125. The number of ketones is 1. The van der Waals surface area contributed by atoms with E-state index in [2.05, 4.69) is 42.2 Å². The number of unbranched alkanes of at least 4 members (excludes halogenated alkanes) is 1. The van der Waals surface area contributed by atoms with Crippen LogP contribution in [0.1, 0.15) is 58.6 Å². The number of fused-ring (bicyclic) bond motifs is 2. The van der Waals surface area contributed by atoms with Crippen LogP contribution in [0.4, 0.5) is 5.95 Å². The number of nitrogens with zero attached hydrogens (tertiary/aromatic N) is 3. The van der Waals surface area contributed by atoms with Gasteiger partial charge in [0.15, 0.2) is 11.5 Å². The lowest BCUT2D eigenvalue weighted by Gasteiger charge is -2.40. The number of anilines is 1. The summed E-state index contributed by atoms with van der Waals surface area (Å²) < 4.78 is 13.6. The summed E-state index contributed by atoms with van der Waals surface area (Å²) in [6.07, 6.45) is 6.25. The molecule has 30 heavy (non-hydrogen) atoms. The number of nitrogens with one attached hydrogen (secondary N) is 1. The van der Waals surface area contributed by atoms with Gasteiger partial charge in [-0.3, -0.25) is 4.79 Å². The van der Waals surface area contributed by atoms with Crippen molar-refractivity contribution in [2.45, 2.75) is 53.0 Å². The third kappa shape index (κ3) is 3.80. The molecular weight excluding hydrogens is 380 g/mol. The number of allylic oxidation sites excluding steroid dienone is 2. The number of hydrogen-bond acceptors (Lipinski definition) is 6. The second-order valence-electron chi connectivity index (χ2n) is 8.65. The summed E-state index contributed by atoms with van der Waals surface area (Å²) in [6.45, 7) is 9.45. The lowest BCUT2D eigenvalue weighted by Crippen LogP contribution is -2.42. The van der Waals surface area contributed by atoms with Crippen molar-refractivity contribution in [3.8, 4) is 11.5 Å². The molecule has 160 valence electrons. The van der Waals surface area contributed by atoms with Gasteiger partial charge in [-0.2, -0.15) is 10.1 Å². The quantitative estimate of drug-likeness (QED) is 0.683. The highest BCUT2D eigenvalue weighted by Crippen LogP contribution is 2.46. The van der Waals surface area contributed by atoms with Crippen molar-refractivity contribution in [1.82, 2.24) is 14.8 Å². The van der Waals surface area contributed by atoms with Crippen molar-refractivity contribution in [3.63, 3.8) is 0 Å². The van der Waals surface area contributed by atoms with Crippen LogP contribution in [0.2, 0.25) is 0 Å². The van der Waals surface area contributed by atoms with Crippen molar-refractivity contribution in [1.29, 1.82) is 0 Å². The molecule has 2 aromatic rings. The number of ether oxygens (including phenoxy) is 2. The molecule has 1 aromatic carbocycles. The molecule has 4 rings (SSSR count). The molecule has 1 N–H and O–H groups in total. The Balaban J connectivity index is 1.76. The van der Waals surface area contributed by atoms with E-state index in [1.807, 2.05) is 25.1 Å². The van der Waals surface area contributed by atoms with E-state index in [-0.39, 0.29) is 23.2 Å². The van der Waals surface area contributed by atoms with Crippen molar-refractivity contribution in [2.24, 2.45) is 11.3 Å². The molecule has 0 fully saturated rings. The first-order chi connectivity index (χ1) is 14.4. The van der Waals surface area contributed by atoms with Crippen LogP contribution < -0.4 is 14.8 Å². The Hall–Kier alpha value is -2.83. The zero-order valence-corrected chi connectivity index (χ0v) is 18.1. The fraction of sp³-hybridized carbons (Fsp3) is 0.522. The minimum absolute atomic E-state index is 0.184. The van der Waals surface area contributed by atoms with Crippen LogP contribution in [-0.4, -0.2) is 33.8 Å². The van der Waals surface area contributed by atoms with Gasteiger partial charge in [-0.05, 0) is 36.5 Å². The minimum atomic E-state index is -0.325. The summed E-state index contributed by atoms with van der Waals surface area (Å²) in [5.74, 6) is 1.95. The van der Waals surface area contributed by atoms with Gasteiger partial charge in [0.05, 0.1) is 25.2 Å². The van der Waals surface area contributed by atoms with Gasteiger partial charge in [0.25, 0.3) is 0 Å². The fourth-order valence-electron chi connectivity index (χ4n) is 4.32. The topological polar surface area (TPSA) is 78.3 Å². The molecule has 7 heteroatoms. The van der Waals surface area contributed by atoms with E-state index in [1.54, 1.807) is 4.68 Å². The molecule has 0 unspecified atom stereocenters. The summed E-state index contributed by atoms with van der Waals surface area (Å²) in [5, 5.41) is 7.75. The van der Waals surface area contributed by atoms with Crippen LogP contribution >= 0.6 is 0 Å². The van der Waals surface area contributed by atoms with E-state index < -0.39 is 0 Å². The maximum atomic E-state index is 13.2. The van der Waals surface area contributed by atoms with Gasteiger partial charge in [-0.25, -0.2) is 4.68 Å². The van der Waals surface area contributed by atoms with Gasteiger partial charge in [0.1, 0.15) is 12.1 Å². The van der Waals surface area contributed by atoms with Crippen LogP contribution in [0.3, 0.4) is 0 Å². The monoisotopic (exact) mass is 410 g/mol. The molecular formula is C23H30N4O3. The van der Waals surface area contributed by atoms with Crippen molar-refractivity contribution < 1.29 is 14.3 Å². The van der Waals surface area contributed by atoms with Crippen LogP contribution in [0, 0.1) is 11.3 Å². The Morgan fingerprint density at radius 1 is 1.23 bits per heavy atom. The normalized spacial score (nSPS) is 21.9. The average Bonchev–Trinajstić information content (AvgIpc) is 3.15. The van der Waals surface area contributed by atoms with Crippen LogP contribution in [0.5, 0.6) is 11.5 Å². The fourth-order valence-corrected chi connectivity index (χ4v) is 4.32.